The van der Waals surface area contributed by atoms with Gasteiger partial charge in [0.15, 0.2) is 0 Å². The van der Waals surface area contributed by atoms with Gasteiger partial charge in [0.25, 0.3) is 0 Å². The summed E-state index contributed by atoms with van der Waals surface area (Å²) in [5.41, 5.74) is -0.0671. The molecule has 0 N–H and O–H groups in total. The Morgan fingerprint density at radius 1 is 1.03 bits per heavy atom. The summed E-state index contributed by atoms with van der Waals surface area (Å²) < 4.78 is 23.3. The van der Waals surface area contributed by atoms with E-state index in [1.807, 2.05) is 24.3 Å². The van der Waals surface area contributed by atoms with Crippen molar-refractivity contribution in [2.24, 2.45) is 28.1 Å². The van der Waals surface area contributed by atoms with Crippen molar-refractivity contribution >= 4 is 11.9 Å². The quantitative estimate of drug-likeness (QED) is 0.257. The van der Waals surface area contributed by atoms with Gasteiger partial charge in [0, 0.05) is 16.7 Å². The van der Waals surface area contributed by atoms with Crippen LogP contribution >= 0.6 is 0 Å². The Labute approximate surface area is 211 Å². The first-order valence-corrected chi connectivity index (χ1v) is 13.1. The number of fused-ring (bicyclic) bond motifs is 3. The molecule has 2 saturated heterocycles. The average Bonchev–Trinajstić information content (AvgIpc) is 3.61. The van der Waals surface area contributed by atoms with E-state index in [4.69, 9.17) is 18.9 Å². The third-order valence-electron chi connectivity index (χ3n) is 10.8. The van der Waals surface area contributed by atoms with E-state index in [2.05, 4.69) is 38.1 Å². The smallest absolute Gasteiger partial charge is 0.338 e. The van der Waals surface area contributed by atoms with Crippen LogP contribution in [0.4, 0.5) is 0 Å². The third-order valence-corrected chi connectivity index (χ3v) is 10.8. The fourth-order valence-electron chi connectivity index (χ4n) is 9.25. The lowest BCUT2D eigenvalue weighted by Crippen LogP contribution is -2.51. The van der Waals surface area contributed by atoms with Crippen LogP contribution in [0.15, 0.2) is 60.4 Å². The molecule has 6 heteroatoms. The summed E-state index contributed by atoms with van der Waals surface area (Å²) in [5.74, 6) is 0.0401. The van der Waals surface area contributed by atoms with Crippen LogP contribution in [0.5, 0.6) is 5.75 Å². The highest BCUT2D eigenvalue weighted by Crippen LogP contribution is 2.84. The molecule has 0 aromatic heterocycles. The number of carbonyl (C=O) groups excluding carboxylic acids is 2. The summed E-state index contributed by atoms with van der Waals surface area (Å²) in [4.78, 5) is 26.4. The maximum absolute atomic E-state index is 13.9. The molecule has 6 aliphatic rings. The molecule has 6 nitrogen and oxygen atoms in total. The number of hydrogen-bond donors (Lipinski definition) is 0. The summed E-state index contributed by atoms with van der Waals surface area (Å²) in [6.45, 7) is 4.45. The monoisotopic (exact) mass is 488 g/mol. The van der Waals surface area contributed by atoms with E-state index in [9.17, 15) is 9.59 Å². The first-order chi connectivity index (χ1) is 17.3. The van der Waals surface area contributed by atoms with Crippen molar-refractivity contribution in [2.75, 3.05) is 7.11 Å². The van der Waals surface area contributed by atoms with Gasteiger partial charge in [0.2, 0.25) is 6.29 Å². The minimum atomic E-state index is -0.799. The van der Waals surface area contributed by atoms with Crippen LogP contribution in [0.2, 0.25) is 0 Å². The summed E-state index contributed by atoms with van der Waals surface area (Å²) in [6.07, 6.45) is 14.2. The lowest BCUT2D eigenvalue weighted by molar-refractivity contribution is -0.169. The molecule has 4 fully saturated rings. The summed E-state index contributed by atoms with van der Waals surface area (Å²) in [5, 5.41) is 0. The van der Waals surface area contributed by atoms with Gasteiger partial charge in [0.05, 0.1) is 30.3 Å². The van der Waals surface area contributed by atoms with Gasteiger partial charge in [-0.3, -0.25) is 4.79 Å². The van der Waals surface area contributed by atoms with Crippen LogP contribution in [0, 0.1) is 28.1 Å². The SMILES string of the molecule is COc1ccc([C@@]23C=C[C@@]4(CCCC[C@]24C)[C@H]2[C@H](O/C=C4/C(=O)O[C@H]5C=CC[C@@H]45)OC(=O)[C@]23C)cc1. The zero-order valence-electron chi connectivity index (χ0n) is 21.0. The molecular weight excluding hydrogens is 456 g/mol. The summed E-state index contributed by atoms with van der Waals surface area (Å²) >= 11 is 0. The Hall–Kier alpha value is -3.02. The van der Waals surface area contributed by atoms with Crippen molar-refractivity contribution < 1.29 is 28.5 Å². The number of rotatable bonds is 4. The second-order valence-electron chi connectivity index (χ2n) is 11.8. The Bertz CT molecular complexity index is 1240. The van der Waals surface area contributed by atoms with Crippen LogP contribution in [-0.4, -0.2) is 31.4 Å². The number of methoxy groups -OCH3 is 1. The third kappa shape index (κ3) is 2.26. The summed E-state index contributed by atoms with van der Waals surface area (Å²) in [6, 6.07) is 8.18. The standard InChI is InChI=1S/C30H32O6/c1-27-13-4-5-14-29(27)15-16-30(27,18-9-11-19(33-3)12-10-18)28(2)23(29)25(36-26(28)32)34-17-21-20-7-6-8-22(20)35-24(21)31/h6,8-12,15-17,20,22-23,25H,4-5,7,13-14H2,1-3H3/b21-17+/t20-,22-,23-,25+,27-,28-,29-,30-/m0/s1. The van der Waals surface area contributed by atoms with Gasteiger partial charge >= 0.3 is 11.9 Å². The van der Waals surface area contributed by atoms with E-state index in [1.54, 1.807) is 7.11 Å². The second kappa shape index (κ2) is 7.05. The van der Waals surface area contributed by atoms with Crippen molar-refractivity contribution in [3.63, 3.8) is 0 Å². The van der Waals surface area contributed by atoms with Gasteiger partial charge in [-0.25, -0.2) is 4.79 Å². The molecule has 0 radical (unpaired) electrons. The lowest BCUT2D eigenvalue weighted by atomic mass is 9.51. The number of ether oxygens (including phenoxy) is 4. The van der Waals surface area contributed by atoms with E-state index in [0.717, 1.165) is 43.4 Å². The van der Waals surface area contributed by atoms with Gasteiger partial charge in [-0.05, 0) is 55.4 Å². The number of cyclic esters (lactones) is 1. The highest BCUT2D eigenvalue weighted by atomic mass is 16.7. The van der Waals surface area contributed by atoms with Crippen LogP contribution in [-0.2, 0) is 29.2 Å². The minimum absolute atomic E-state index is 0.0235. The van der Waals surface area contributed by atoms with Gasteiger partial charge in [-0.1, -0.05) is 50.1 Å². The van der Waals surface area contributed by atoms with E-state index >= 15 is 0 Å². The lowest BCUT2D eigenvalue weighted by Gasteiger charge is -2.52. The van der Waals surface area contributed by atoms with Crippen LogP contribution in [0.3, 0.4) is 0 Å². The molecule has 0 amide bonds. The van der Waals surface area contributed by atoms with Gasteiger partial charge in [-0.2, -0.15) is 0 Å². The van der Waals surface area contributed by atoms with E-state index in [0.29, 0.717) is 5.57 Å². The van der Waals surface area contributed by atoms with E-state index in [1.165, 1.54) is 6.26 Å². The van der Waals surface area contributed by atoms with E-state index in [-0.39, 0.29) is 40.7 Å². The largest absolute Gasteiger partial charge is 0.497 e. The summed E-state index contributed by atoms with van der Waals surface area (Å²) in [7, 11) is 1.66. The topological polar surface area (TPSA) is 71.1 Å². The van der Waals surface area contributed by atoms with Crippen molar-refractivity contribution in [2.45, 2.75) is 63.8 Å². The van der Waals surface area contributed by atoms with Gasteiger partial charge in [-0.15, -0.1) is 0 Å². The first kappa shape index (κ1) is 22.2. The predicted octanol–water partition coefficient (Wildman–Crippen LogP) is 4.99. The minimum Gasteiger partial charge on any atom is -0.497 e. The van der Waals surface area contributed by atoms with Crippen molar-refractivity contribution in [1.29, 1.82) is 0 Å². The Morgan fingerprint density at radius 3 is 2.58 bits per heavy atom. The maximum atomic E-state index is 13.9. The molecule has 2 bridgehead atoms. The van der Waals surface area contributed by atoms with Crippen LogP contribution in [0.1, 0.15) is 51.5 Å². The molecule has 1 aromatic rings. The number of allylic oxidation sites excluding steroid dienone is 3. The van der Waals surface area contributed by atoms with Crippen molar-refractivity contribution in [3.05, 3.63) is 66.0 Å². The fraction of sp³-hybridized carbons (Fsp3) is 0.533. The molecule has 36 heavy (non-hydrogen) atoms. The average molecular weight is 489 g/mol. The van der Waals surface area contributed by atoms with Crippen LogP contribution in [0.25, 0.3) is 0 Å². The zero-order chi connectivity index (χ0) is 24.9. The van der Waals surface area contributed by atoms with Crippen LogP contribution < -0.4 is 4.74 Å². The highest BCUT2D eigenvalue weighted by Gasteiger charge is 2.86. The molecule has 1 aromatic carbocycles. The fourth-order valence-corrected chi connectivity index (χ4v) is 9.25. The normalized spacial score (nSPS) is 46.5. The molecule has 0 spiro atoms. The number of hydrogen-bond acceptors (Lipinski definition) is 6. The molecule has 7 rings (SSSR count). The molecule has 8 atom stereocenters. The van der Waals surface area contributed by atoms with Gasteiger partial charge < -0.3 is 18.9 Å². The number of carbonyl (C=O) groups is 2. The van der Waals surface area contributed by atoms with Crippen molar-refractivity contribution in [3.8, 4) is 5.75 Å². The van der Waals surface area contributed by atoms with Gasteiger partial charge in [0.1, 0.15) is 11.9 Å². The first-order valence-electron chi connectivity index (χ1n) is 13.1. The molecule has 188 valence electrons. The Morgan fingerprint density at radius 2 is 1.81 bits per heavy atom. The zero-order valence-corrected chi connectivity index (χ0v) is 21.0. The molecule has 2 saturated carbocycles. The van der Waals surface area contributed by atoms with Crippen molar-refractivity contribution in [1.82, 2.24) is 0 Å². The molecular formula is C30H32O6. The molecule has 2 aliphatic heterocycles. The second-order valence-corrected chi connectivity index (χ2v) is 11.8. The Balaban J connectivity index is 1.34. The molecule has 0 unspecified atom stereocenters. The molecule has 4 aliphatic carbocycles. The predicted molar refractivity (Wildman–Crippen MR) is 131 cm³/mol. The maximum Gasteiger partial charge on any atom is 0.338 e. The number of benzene rings is 1. The molecule has 2 heterocycles. The van der Waals surface area contributed by atoms with E-state index < -0.39 is 17.1 Å². The Kier molecular flexibility index (Phi) is 4.35. The highest BCUT2D eigenvalue weighted by molar-refractivity contribution is 5.92. The number of esters is 2.